The van der Waals surface area contributed by atoms with E-state index in [1.807, 2.05) is 7.05 Å². The smallest absolute Gasteiger partial charge is 0.193 e. The van der Waals surface area contributed by atoms with Crippen LogP contribution in [0.15, 0.2) is 29.3 Å². The number of nitrogens with zero attached hydrogens (tertiary/aromatic N) is 2. The zero-order valence-corrected chi connectivity index (χ0v) is 16.9. The quantitative estimate of drug-likeness (QED) is 0.325. The third kappa shape index (κ3) is 6.67. The average molecular weight is 431 g/mol. The molecule has 5 heteroatoms. The molecule has 1 heterocycles. The molecule has 0 fully saturated rings. The lowest BCUT2D eigenvalue weighted by Crippen LogP contribution is -2.44. The van der Waals surface area contributed by atoms with Crippen molar-refractivity contribution in [3.8, 4) is 0 Å². The summed E-state index contributed by atoms with van der Waals surface area (Å²) in [6.45, 7) is 8.88. The van der Waals surface area contributed by atoms with E-state index in [1.54, 1.807) is 0 Å². The fourth-order valence-electron chi connectivity index (χ4n) is 2.70. The van der Waals surface area contributed by atoms with E-state index in [-0.39, 0.29) is 24.0 Å². The summed E-state index contributed by atoms with van der Waals surface area (Å²) in [4.78, 5) is 6.75. The van der Waals surface area contributed by atoms with Crippen molar-refractivity contribution in [2.45, 2.75) is 33.2 Å². The Labute approximate surface area is 157 Å². The molecule has 1 aliphatic heterocycles. The Bertz CT molecular complexity index is 491. The molecule has 0 spiro atoms. The lowest BCUT2D eigenvalue weighted by atomic mass is 10.0. The van der Waals surface area contributed by atoms with Gasteiger partial charge in [0.1, 0.15) is 0 Å². The van der Waals surface area contributed by atoms with Crippen LogP contribution in [0, 0.1) is 5.92 Å². The minimum atomic E-state index is 0. The molecule has 1 aromatic carbocycles. The zero-order chi connectivity index (χ0) is 15.8. The molecule has 0 unspecified atom stereocenters. The number of nitrogens with one attached hydrogen (secondary N) is 1. The molecule has 1 aliphatic rings. The number of benzene rings is 1. The first kappa shape index (κ1) is 20.2. The summed E-state index contributed by atoms with van der Waals surface area (Å²) in [7, 11) is 1.86. The van der Waals surface area contributed by atoms with Gasteiger partial charge in [0.25, 0.3) is 0 Å². The minimum absolute atomic E-state index is 0. The van der Waals surface area contributed by atoms with E-state index in [2.05, 4.69) is 53.3 Å². The molecular weight excluding hydrogens is 401 g/mol. The van der Waals surface area contributed by atoms with Crippen molar-refractivity contribution >= 4 is 29.9 Å². The number of guanidine groups is 1. The molecule has 0 bridgehead atoms. The predicted molar refractivity (Wildman–Crippen MR) is 108 cm³/mol. The molecule has 0 aliphatic carbocycles. The van der Waals surface area contributed by atoms with Crippen LogP contribution in [0.25, 0.3) is 0 Å². The SMILES string of the molecule is CN=C(NCCCOCC(C)C)N1CCc2ccccc2C1.I. The van der Waals surface area contributed by atoms with Crippen LogP contribution in [0.5, 0.6) is 0 Å². The highest BCUT2D eigenvalue weighted by Gasteiger charge is 2.18. The highest BCUT2D eigenvalue weighted by atomic mass is 127. The number of fused-ring (bicyclic) bond motifs is 1. The minimum Gasteiger partial charge on any atom is -0.381 e. The lowest BCUT2D eigenvalue weighted by Gasteiger charge is -2.31. The van der Waals surface area contributed by atoms with Gasteiger partial charge in [0.15, 0.2) is 5.96 Å². The number of hydrogen-bond donors (Lipinski definition) is 1. The normalized spacial score (nSPS) is 14.4. The average Bonchev–Trinajstić information content (AvgIpc) is 2.53. The Morgan fingerprint density at radius 3 is 2.74 bits per heavy atom. The monoisotopic (exact) mass is 431 g/mol. The van der Waals surface area contributed by atoms with Crippen molar-refractivity contribution < 1.29 is 4.74 Å². The lowest BCUT2D eigenvalue weighted by molar-refractivity contribution is 0.108. The fraction of sp³-hybridized carbons (Fsp3) is 0.611. The summed E-state index contributed by atoms with van der Waals surface area (Å²) in [5.41, 5.74) is 2.88. The summed E-state index contributed by atoms with van der Waals surface area (Å²) < 4.78 is 5.61. The number of ether oxygens (including phenoxy) is 1. The summed E-state index contributed by atoms with van der Waals surface area (Å²) in [6.07, 6.45) is 2.10. The van der Waals surface area contributed by atoms with Gasteiger partial charge in [0, 0.05) is 39.9 Å². The van der Waals surface area contributed by atoms with E-state index < -0.39 is 0 Å². The van der Waals surface area contributed by atoms with Crippen molar-refractivity contribution in [3.05, 3.63) is 35.4 Å². The van der Waals surface area contributed by atoms with Gasteiger partial charge in [-0.3, -0.25) is 4.99 Å². The topological polar surface area (TPSA) is 36.9 Å². The number of rotatable bonds is 6. The van der Waals surface area contributed by atoms with Gasteiger partial charge in [0.05, 0.1) is 0 Å². The van der Waals surface area contributed by atoms with Crippen molar-refractivity contribution in [2.24, 2.45) is 10.9 Å². The molecule has 0 atom stereocenters. The molecule has 0 aromatic heterocycles. The molecular formula is C18H30IN3O. The maximum atomic E-state index is 5.61. The van der Waals surface area contributed by atoms with E-state index in [4.69, 9.17) is 4.74 Å². The fourth-order valence-corrected chi connectivity index (χ4v) is 2.70. The second kappa shape index (κ2) is 10.9. The molecule has 23 heavy (non-hydrogen) atoms. The van der Waals surface area contributed by atoms with Gasteiger partial charge in [-0.15, -0.1) is 24.0 Å². The summed E-state index contributed by atoms with van der Waals surface area (Å²) in [5.74, 6) is 1.60. The van der Waals surface area contributed by atoms with E-state index in [0.717, 1.165) is 51.6 Å². The Hall–Kier alpha value is -0.820. The van der Waals surface area contributed by atoms with E-state index in [0.29, 0.717) is 5.92 Å². The molecule has 0 radical (unpaired) electrons. The Morgan fingerprint density at radius 2 is 2.04 bits per heavy atom. The van der Waals surface area contributed by atoms with Crippen LogP contribution in [0.2, 0.25) is 0 Å². The summed E-state index contributed by atoms with van der Waals surface area (Å²) >= 11 is 0. The van der Waals surface area contributed by atoms with Crippen LogP contribution in [0.3, 0.4) is 0 Å². The van der Waals surface area contributed by atoms with Gasteiger partial charge in [-0.1, -0.05) is 38.1 Å². The van der Waals surface area contributed by atoms with Crippen molar-refractivity contribution in [1.82, 2.24) is 10.2 Å². The van der Waals surface area contributed by atoms with Gasteiger partial charge in [-0.2, -0.15) is 0 Å². The molecule has 0 saturated heterocycles. The van der Waals surface area contributed by atoms with Gasteiger partial charge < -0.3 is 15.0 Å². The zero-order valence-electron chi connectivity index (χ0n) is 14.5. The molecule has 4 nitrogen and oxygen atoms in total. The highest BCUT2D eigenvalue weighted by molar-refractivity contribution is 14.0. The van der Waals surface area contributed by atoms with Crippen LogP contribution >= 0.6 is 24.0 Å². The van der Waals surface area contributed by atoms with Crippen LogP contribution in [-0.4, -0.2) is 44.2 Å². The second-order valence-corrected chi connectivity index (χ2v) is 6.24. The van der Waals surface area contributed by atoms with Crippen molar-refractivity contribution in [3.63, 3.8) is 0 Å². The van der Waals surface area contributed by atoms with Crippen LogP contribution in [-0.2, 0) is 17.7 Å². The molecule has 0 saturated carbocycles. The maximum Gasteiger partial charge on any atom is 0.193 e. The van der Waals surface area contributed by atoms with Crippen molar-refractivity contribution in [2.75, 3.05) is 33.4 Å². The third-order valence-electron chi connectivity index (χ3n) is 3.84. The Balaban J connectivity index is 0.00000264. The van der Waals surface area contributed by atoms with Gasteiger partial charge in [-0.05, 0) is 29.9 Å². The molecule has 1 N–H and O–H groups in total. The van der Waals surface area contributed by atoms with E-state index >= 15 is 0 Å². The second-order valence-electron chi connectivity index (χ2n) is 6.24. The molecule has 1 aromatic rings. The molecule has 130 valence electrons. The first-order valence-electron chi connectivity index (χ1n) is 8.31. The largest absolute Gasteiger partial charge is 0.381 e. The Kier molecular flexibility index (Phi) is 9.55. The number of aliphatic imine (C=N–C) groups is 1. The third-order valence-corrected chi connectivity index (χ3v) is 3.84. The van der Waals surface area contributed by atoms with Crippen LogP contribution in [0.4, 0.5) is 0 Å². The van der Waals surface area contributed by atoms with E-state index in [1.165, 1.54) is 11.1 Å². The Morgan fingerprint density at radius 1 is 1.30 bits per heavy atom. The van der Waals surface area contributed by atoms with Crippen molar-refractivity contribution in [1.29, 1.82) is 0 Å². The standard InChI is InChI=1S/C18H29N3O.HI/c1-15(2)14-22-12-6-10-20-18(19-3)21-11-9-16-7-4-5-8-17(16)13-21;/h4-5,7-8,15H,6,9-14H2,1-3H3,(H,19,20);1H. The predicted octanol–water partition coefficient (Wildman–Crippen LogP) is 3.30. The summed E-state index contributed by atoms with van der Waals surface area (Å²) in [5, 5.41) is 3.45. The van der Waals surface area contributed by atoms with E-state index in [9.17, 15) is 0 Å². The molecule has 0 amide bonds. The number of halogens is 1. The summed E-state index contributed by atoms with van der Waals surface area (Å²) in [6, 6.07) is 8.69. The highest BCUT2D eigenvalue weighted by Crippen LogP contribution is 2.18. The first-order chi connectivity index (χ1) is 10.7. The number of hydrogen-bond acceptors (Lipinski definition) is 2. The van der Waals surface area contributed by atoms with Gasteiger partial charge >= 0.3 is 0 Å². The first-order valence-corrected chi connectivity index (χ1v) is 8.31. The van der Waals surface area contributed by atoms with Crippen LogP contribution in [0.1, 0.15) is 31.4 Å². The maximum absolute atomic E-state index is 5.61. The van der Waals surface area contributed by atoms with Gasteiger partial charge in [0.2, 0.25) is 0 Å². The molecule has 2 rings (SSSR count). The van der Waals surface area contributed by atoms with Gasteiger partial charge in [-0.25, -0.2) is 0 Å². The van der Waals surface area contributed by atoms with Crippen LogP contribution < -0.4 is 5.32 Å².